The van der Waals surface area contributed by atoms with Crippen LogP contribution in [0.3, 0.4) is 0 Å². The predicted octanol–water partition coefficient (Wildman–Crippen LogP) is 1.39. The van der Waals surface area contributed by atoms with Crippen molar-refractivity contribution in [1.82, 2.24) is 0 Å². The molecule has 1 amide bonds. The number of methoxy groups -OCH3 is 1. The summed E-state index contributed by atoms with van der Waals surface area (Å²) in [5.74, 6) is -0.950. The highest BCUT2D eigenvalue weighted by Crippen LogP contribution is 2.23. The van der Waals surface area contributed by atoms with Crippen LogP contribution in [0.4, 0.5) is 5.00 Å². The van der Waals surface area contributed by atoms with E-state index < -0.39 is 11.9 Å². The number of thiophene rings is 1. The summed E-state index contributed by atoms with van der Waals surface area (Å²) >= 11 is 1.21. The van der Waals surface area contributed by atoms with Crippen molar-refractivity contribution >= 4 is 28.2 Å². The quantitative estimate of drug-likeness (QED) is 0.787. The van der Waals surface area contributed by atoms with Gasteiger partial charge < -0.3 is 10.1 Å². The molecular formula is C9H8N2O3S. The summed E-state index contributed by atoms with van der Waals surface area (Å²) in [6.45, 7) is 0. The molecule has 15 heavy (non-hydrogen) atoms. The van der Waals surface area contributed by atoms with Crippen molar-refractivity contribution in [3.8, 4) is 6.07 Å². The average Bonchev–Trinajstić information content (AvgIpc) is 2.65. The summed E-state index contributed by atoms with van der Waals surface area (Å²) in [5, 5.41) is 12.8. The van der Waals surface area contributed by atoms with Crippen molar-refractivity contribution in [2.24, 2.45) is 0 Å². The Hall–Kier alpha value is -1.87. The molecule has 0 saturated heterocycles. The Morgan fingerprint density at radius 2 is 2.40 bits per heavy atom. The lowest BCUT2D eigenvalue weighted by molar-refractivity contribution is -0.115. The molecule has 0 saturated carbocycles. The van der Waals surface area contributed by atoms with Crippen LogP contribution in [-0.4, -0.2) is 19.0 Å². The van der Waals surface area contributed by atoms with Gasteiger partial charge in [0.2, 0.25) is 5.91 Å². The summed E-state index contributed by atoms with van der Waals surface area (Å²) in [5.41, 5.74) is 0.300. The predicted molar refractivity (Wildman–Crippen MR) is 54.5 cm³/mol. The molecular weight excluding hydrogens is 216 g/mol. The second-order valence-electron chi connectivity index (χ2n) is 2.54. The molecule has 0 aromatic carbocycles. The maximum Gasteiger partial charge on any atom is 0.340 e. The lowest BCUT2D eigenvalue weighted by atomic mass is 10.3. The Balaban J connectivity index is 2.78. The first-order chi connectivity index (χ1) is 7.19. The van der Waals surface area contributed by atoms with Gasteiger partial charge in [0, 0.05) is 0 Å². The highest BCUT2D eigenvalue weighted by molar-refractivity contribution is 7.14. The van der Waals surface area contributed by atoms with Crippen molar-refractivity contribution in [2.45, 2.75) is 6.42 Å². The highest BCUT2D eigenvalue weighted by atomic mass is 32.1. The van der Waals surface area contributed by atoms with Crippen molar-refractivity contribution < 1.29 is 14.3 Å². The van der Waals surface area contributed by atoms with E-state index in [1.54, 1.807) is 17.5 Å². The minimum atomic E-state index is -0.511. The molecule has 0 atom stereocenters. The zero-order valence-corrected chi connectivity index (χ0v) is 8.76. The number of anilines is 1. The van der Waals surface area contributed by atoms with E-state index in [1.807, 2.05) is 0 Å². The number of hydrogen-bond acceptors (Lipinski definition) is 5. The summed E-state index contributed by atoms with van der Waals surface area (Å²) in [7, 11) is 1.26. The molecule has 1 heterocycles. The van der Waals surface area contributed by atoms with Gasteiger partial charge >= 0.3 is 5.97 Å². The fourth-order valence-electron chi connectivity index (χ4n) is 0.919. The summed E-state index contributed by atoms with van der Waals surface area (Å²) in [6.07, 6.45) is -0.238. The van der Waals surface area contributed by atoms with E-state index >= 15 is 0 Å². The molecule has 0 spiro atoms. The van der Waals surface area contributed by atoms with Gasteiger partial charge in [-0.1, -0.05) is 0 Å². The lowest BCUT2D eigenvalue weighted by Crippen LogP contribution is -2.12. The number of nitriles is 1. The van der Waals surface area contributed by atoms with Crippen molar-refractivity contribution in [3.63, 3.8) is 0 Å². The van der Waals surface area contributed by atoms with Crippen LogP contribution in [-0.2, 0) is 9.53 Å². The third-order valence-corrected chi connectivity index (χ3v) is 2.39. The Morgan fingerprint density at radius 1 is 1.67 bits per heavy atom. The molecule has 0 unspecified atom stereocenters. The molecule has 0 fully saturated rings. The van der Waals surface area contributed by atoms with Gasteiger partial charge in [-0.3, -0.25) is 4.79 Å². The number of carbonyl (C=O) groups excluding carboxylic acids is 2. The van der Waals surface area contributed by atoms with Crippen LogP contribution in [0.5, 0.6) is 0 Å². The number of ether oxygens (including phenoxy) is 1. The van der Waals surface area contributed by atoms with E-state index in [1.165, 1.54) is 18.4 Å². The summed E-state index contributed by atoms with van der Waals surface area (Å²) < 4.78 is 4.53. The highest BCUT2D eigenvalue weighted by Gasteiger charge is 2.14. The van der Waals surface area contributed by atoms with E-state index in [0.29, 0.717) is 10.6 Å². The molecule has 5 nitrogen and oxygen atoms in total. The van der Waals surface area contributed by atoms with Crippen molar-refractivity contribution in [1.29, 1.82) is 5.26 Å². The van der Waals surface area contributed by atoms with Crippen LogP contribution in [0.25, 0.3) is 0 Å². The number of esters is 1. The topological polar surface area (TPSA) is 79.2 Å². The third kappa shape index (κ3) is 2.79. The van der Waals surface area contributed by atoms with E-state index in [2.05, 4.69) is 10.1 Å². The number of rotatable bonds is 3. The number of carbonyl (C=O) groups is 2. The fourth-order valence-corrected chi connectivity index (χ4v) is 1.71. The van der Waals surface area contributed by atoms with E-state index in [4.69, 9.17) is 5.26 Å². The molecule has 0 bridgehead atoms. The molecule has 78 valence electrons. The van der Waals surface area contributed by atoms with Crippen LogP contribution in [0, 0.1) is 11.3 Å². The summed E-state index contributed by atoms with van der Waals surface area (Å²) in [4.78, 5) is 22.3. The van der Waals surface area contributed by atoms with Crippen molar-refractivity contribution in [3.05, 3.63) is 17.0 Å². The van der Waals surface area contributed by atoms with Crippen molar-refractivity contribution in [2.75, 3.05) is 12.4 Å². The Bertz CT molecular complexity index is 419. The van der Waals surface area contributed by atoms with Gasteiger partial charge in [-0.25, -0.2) is 4.79 Å². The molecule has 0 aliphatic carbocycles. The van der Waals surface area contributed by atoms with Gasteiger partial charge in [0.25, 0.3) is 0 Å². The van der Waals surface area contributed by atoms with Crippen LogP contribution < -0.4 is 5.32 Å². The second kappa shape index (κ2) is 5.12. The molecule has 1 aromatic rings. The zero-order chi connectivity index (χ0) is 11.3. The van der Waals surface area contributed by atoms with Gasteiger partial charge in [-0.15, -0.1) is 11.3 Å². The fraction of sp³-hybridized carbons (Fsp3) is 0.222. The summed E-state index contributed by atoms with van der Waals surface area (Å²) in [6, 6.07) is 3.27. The first-order valence-corrected chi connectivity index (χ1v) is 4.89. The normalized spacial score (nSPS) is 9.07. The largest absolute Gasteiger partial charge is 0.465 e. The monoisotopic (exact) mass is 224 g/mol. The molecule has 0 radical (unpaired) electrons. The maximum atomic E-state index is 11.2. The van der Waals surface area contributed by atoms with E-state index in [0.717, 1.165) is 0 Å². The molecule has 6 heteroatoms. The molecule has 0 aliphatic rings. The lowest BCUT2D eigenvalue weighted by Gasteiger charge is -2.02. The number of nitrogens with zero attached hydrogens (tertiary/aromatic N) is 1. The Labute approximate surface area is 90.3 Å². The standard InChI is InChI=1S/C9H8N2O3S/c1-14-9(13)6-3-5-15-8(6)11-7(12)2-4-10/h3,5H,2H2,1H3,(H,11,12). The SMILES string of the molecule is COC(=O)c1ccsc1NC(=O)CC#N. The number of hydrogen-bond donors (Lipinski definition) is 1. The second-order valence-corrected chi connectivity index (χ2v) is 3.45. The van der Waals surface area contributed by atoms with Gasteiger partial charge in [-0.2, -0.15) is 5.26 Å². The number of amides is 1. The first-order valence-electron chi connectivity index (χ1n) is 4.01. The van der Waals surface area contributed by atoms with E-state index in [-0.39, 0.29) is 6.42 Å². The van der Waals surface area contributed by atoms with Crippen LogP contribution in [0.2, 0.25) is 0 Å². The molecule has 1 rings (SSSR count). The van der Waals surface area contributed by atoms with Gasteiger partial charge in [0.1, 0.15) is 11.4 Å². The van der Waals surface area contributed by atoms with Gasteiger partial charge in [0.15, 0.2) is 0 Å². The number of nitrogens with one attached hydrogen (secondary N) is 1. The van der Waals surface area contributed by atoms with Crippen LogP contribution in [0.1, 0.15) is 16.8 Å². The minimum Gasteiger partial charge on any atom is -0.465 e. The Morgan fingerprint density at radius 3 is 3.00 bits per heavy atom. The third-order valence-electron chi connectivity index (χ3n) is 1.56. The van der Waals surface area contributed by atoms with Crippen LogP contribution >= 0.6 is 11.3 Å². The molecule has 1 aromatic heterocycles. The van der Waals surface area contributed by atoms with Crippen LogP contribution in [0.15, 0.2) is 11.4 Å². The maximum absolute atomic E-state index is 11.2. The zero-order valence-electron chi connectivity index (χ0n) is 7.94. The molecule has 0 aliphatic heterocycles. The average molecular weight is 224 g/mol. The minimum absolute atomic E-state index is 0.238. The molecule has 1 N–H and O–H groups in total. The van der Waals surface area contributed by atoms with Gasteiger partial charge in [-0.05, 0) is 11.4 Å². The smallest absolute Gasteiger partial charge is 0.340 e. The Kier molecular flexibility index (Phi) is 3.83. The van der Waals surface area contributed by atoms with Gasteiger partial charge in [0.05, 0.1) is 18.7 Å². The first kappa shape index (κ1) is 11.2. The van der Waals surface area contributed by atoms with E-state index in [9.17, 15) is 9.59 Å².